The lowest BCUT2D eigenvalue weighted by Crippen LogP contribution is -2.58. The van der Waals surface area contributed by atoms with E-state index in [2.05, 4.69) is 21.2 Å². The van der Waals surface area contributed by atoms with Crippen molar-refractivity contribution in [1.29, 1.82) is 0 Å². The van der Waals surface area contributed by atoms with E-state index in [-0.39, 0.29) is 37.4 Å². The average Bonchev–Trinajstić information content (AvgIpc) is 3.72. The number of carbonyl (C=O) groups is 4. The van der Waals surface area contributed by atoms with E-state index in [1.807, 2.05) is 86.7 Å². The van der Waals surface area contributed by atoms with Gasteiger partial charge in [0.1, 0.15) is 29.8 Å². The number of ether oxygens (including phenoxy) is 3. The number of cyclic esters (lactones) is 1. The van der Waals surface area contributed by atoms with Crippen LogP contribution in [0.15, 0.2) is 83.4 Å². The molecule has 3 amide bonds. The highest BCUT2D eigenvalue weighted by molar-refractivity contribution is 9.11. The summed E-state index contributed by atoms with van der Waals surface area (Å²) < 4.78 is 19.1. The summed E-state index contributed by atoms with van der Waals surface area (Å²) in [4.78, 5) is 61.2. The van der Waals surface area contributed by atoms with Crippen LogP contribution >= 0.6 is 15.9 Å². The van der Waals surface area contributed by atoms with Crippen LogP contribution in [0.5, 0.6) is 0 Å². The average molecular weight is 765 g/mol. The van der Waals surface area contributed by atoms with E-state index in [0.29, 0.717) is 28.5 Å². The van der Waals surface area contributed by atoms with Crippen molar-refractivity contribution < 1.29 is 38.5 Å². The van der Waals surface area contributed by atoms with Crippen LogP contribution in [0.1, 0.15) is 62.8 Å². The Bertz CT molecular complexity index is 1650. The minimum absolute atomic E-state index is 0.0544. The number of likely N-dealkylation sites (tertiary alicyclic amines) is 1. The van der Waals surface area contributed by atoms with Crippen LogP contribution in [-0.4, -0.2) is 95.3 Å². The molecule has 0 saturated carbocycles. The van der Waals surface area contributed by atoms with E-state index in [4.69, 9.17) is 14.2 Å². The summed E-state index contributed by atoms with van der Waals surface area (Å²) in [5.74, 6) is -4.02. The van der Waals surface area contributed by atoms with Gasteiger partial charge in [0.25, 0.3) is 0 Å². The molecular weight excluding hydrogens is 718 g/mol. The predicted octanol–water partition coefficient (Wildman–Crippen LogP) is 4.38. The molecule has 12 heteroatoms. The van der Waals surface area contributed by atoms with Crippen LogP contribution in [-0.2, 0) is 33.4 Å². The van der Waals surface area contributed by atoms with Gasteiger partial charge in [-0.3, -0.25) is 19.2 Å². The van der Waals surface area contributed by atoms with Crippen molar-refractivity contribution in [3.05, 3.63) is 94.5 Å². The smallest absolute Gasteiger partial charge is 0.313 e. The minimum atomic E-state index is -1.52. The highest BCUT2D eigenvalue weighted by Gasteiger charge is 2.75. The number of halogens is 1. The van der Waals surface area contributed by atoms with Gasteiger partial charge >= 0.3 is 5.97 Å². The van der Waals surface area contributed by atoms with Crippen molar-refractivity contribution in [2.45, 2.75) is 81.5 Å². The number of aliphatic hydroxyl groups excluding tert-OH is 1. The maximum Gasteiger partial charge on any atom is 0.313 e. The number of fused-ring (bicyclic) bond motifs is 2. The number of allylic oxidation sites excluding steroid dienone is 1. The second-order valence-corrected chi connectivity index (χ2v) is 14.6. The molecule has 0 radical (unpaired) electrons. The maximum absolute atomic E-state index is 15.1. The van der Waals surface area contributed by atoms with Gasteiger partial charge in [-0.15, -0.1) is 0 Å². The highest BCUT2D eigenvalue weighted by Crippen LogP contribution is 2.60. The Hall–Kier alpha value is -3.84. The lowest BCUT2D eigenvalue weighted by molar-refractivity contribution is -0.163. The number of rotatable bonds is 9. The van der Waals surface area contributed by atoms with Crippen molar-refractivity contribution in [2.75, 3.05) is 26.9 Å². The fourth-order valence-electron chi connectivity index (χ4n) is 8.20. The first-order valence-corrected chi connectivity index (χ1v) is 18.5. The number of amides is 3. The van der Waals surface area contributed by atoms with E-state index in [1.165, 1.54) is 12.0 Å². The number of aliphatic hydroxyl groups is 1. The van der Waals surface area contributed by atoms with E-state index in [9.17, 15) is 19.5 Å². The summed E-state index contributed by atoms with van der Waals surface area (Å²) >= 11 is 3.63. The third-order valence-corrected chi connectivity index (χ3v) is 11.2. The molecule has 4 heterocycles. The maximum atomic E-state index is 15.1. The zero-order valence-corrected chi connectivity index (χ0v) is 30.7. The second kappa shape index (κ2) is 15.8. The van der Waals surface area contributed by atoms with Gasteiger partial charge in [0.15, 0.2) is 0 Å². The van der Waals surface area contributed by atoms with E-state index in [0.717, 1.165) is 6.42 Å². The van der Waals surface area contributed by atoms with Gasteiger partial charge < -0.3 is 34.4 Å². The van der Waals surface area contributed by atoms with Crippen LogP contribution in [0.3, 0.4) is 0 Å². The van der Waals surface area contributed by atoms with Crippen molar-refractivity contribution in [2.24, 2.45) is 11.8 Å². The Labute approximate surface area is 307 Å². The molecule has 2 aromatic rings. The molecule has 2 N–H and O–H groups in total. The van der Waals surface area contributed by atoms with Crippen LogP contribution in [0.25, 0.3) is 0 Å². The van der Waals surface area contributed by atoms with Crippen molar-refractivity contribution >= 4 is 39.6 Å². The zero-order valence-electron chi connectivity index (χ0n) is 29.2. The quantitative estimate of drug-likeness (QED) is 0.284. The molecule has 6 rings (SSSR count). The molecule has 4 aliphatic rings. The molecule has 11 nitrogen and oxygen atoms in total. The molecule has 9 atom stereocenters. The number of hydrogen-bond donors (Lipinski definition) is 2. The third-order valence-electron chi connectivity index (χ3n) is 10.5. The van der Waals surface area contributed by atoms with Gasteiger partial charge in [-0.05, 0) is 37.0 Å². The Morgan fingerprint density at radius 3 is 2.39 bits per heavy atom. The second-order valence-electron chi connectivity index (χ2n) is 13.7. The van der Waals surface area contributed by atoms with Crippen molar-refractivity contribution in [1.82, 2.24) is 15.1 Å². The molecule has 272 valence electrons. The summed E-state index contributed by atoms with van der Waals surface area (Å²) in [5, 5.41) is 13.9. The largest absolute Gasteiger partial charge is 0.455 e. The van der Waals surface area contributed by atoms with Crippen LogP contribution in [0.4, 0.5) is 0 Å². The molecule has 51 heavy (non-hydrogen) atoms. The monoisotopic (exact) mass is 763 g/mol. The van der Waals surface area contributed by atoms with E-state index < -0.39 is 66.3 Å². The lowest BCUT2D eigenvalue weighted by Gasteiger charge is -2.40. The lowest BCUT2D eigenvalue weighted by atomic mass is 9.74. The Balaban J connectivity index is 1.51. The van der Waals surface area contributed by atoms with Gasteiger partial charge in [-0.1, -0.05) is 102 Å². The number of benzene rings is 2. The van der Waals surface area contributed by atoms with Gasteiger partial charge in [-0.2, -0.15) is 0 Å². The normalized spacial score (nSPS) is 31.5. The molecule has 0 aromatic heterocycles. The van der Waals surface area contributed by atoms with Gasteiger partial charge in [0, 0.05) is 30.6 Å². The fraction of sp³-hybridized carbons (Fsp3) is 0.487. The minimum Gasteiger partial charge on any atom is -0.455 e. The summed E-state index contributed by atoms with van der Waals surface area (Å²) in [6, 6.07) is 15.1. The van der Waals surface area contributed by atoms with Crippen LogP contribution < -0.4 is 5.32 Å². The van der Waals surface area contributed by atoms with Crippen LogP contribution in [0.2, 0.25) is 0 Å². The number of nitrogens with zero attached hydrogens (tertiary/aromatic N) is 2. The van der Waals surface area contributed by atoms with Gasteiger partial charge in [0.2, 0.25) is 17.7 Å². The third kappa shape index (κ3) is 6.91. The SMILES string of the molecule is CCCC(C)N1C/C=C\CCC(=O)N[C@@H](COC)[C@H](c2ccccc2)OC(=O)[C@H]2[C@@H]3O[C@@]4(C=C3Br)[C@@H]2C(=O)N([C@H](CO)c2ccccc2)[C@@H]4C1=O. The molecule has 0 aliphatic carbocycles. The summed E-state index contributed by atoms with van der Waals surface area (Å²) in [5.41, 5.74) is -0.234. The van der Waals surface area contributed by atoms with Gasteiger partial charge in [0.05, 0.1) is 31.2 Å². The molecule has 2 saturated heterocycles. The molecule has 2 aromatic carbocycles. The molecular formula is C39H46BrN3O8. The highest BCUT2D eigenvalue weighted by atomic mass is 79.9. The predicted molar refractivity (Wildman–Crippen MR) is 192 cm³/mol. The summed E-state index contributed by atoms with van der Waals surface area (Å²) in [6.07, 6.45) is 5.78. The Morgan fingerprint density at radius 2 is 1.73 bits per heavy atom. The standard InChI is InChI=1S/C39H46BrN3O8/c1-4-14-24(2)42-20-13-7-12-19-30(45)41-28(23-49-3)33(26-17-10-6-11-18-26)50-38(48)31-32-36(46)43(29(22-44)25-15-8-5-9-16-25)35(37(42)47)39(32)21-27(40)34(31)51-39/h5-11,13,15-18,21,24,28-29,31-35,44H,4,12,14,19-20,22-23H2,1-3H3,(H,41,45)/b13-7-/t24?,28-,29+,31+,32-,33-,34+,35+,39-/m0/s1. The first kappa shape index (κ1) is 36.9. The fourth-order valence-corrected chi connectivity index (χ4v) is 8.94. The van der Waals surface area contributed by atoms with Gasteiger partial charge in [-0.25, -0.2) is 0 Å². The summed E-state index contributed by atoms with van der Waals surface area (Å²) in [6.45, 7) is 3.85. The number of carbonyl (C=O) groups excluding carboxylic acids is 4. The molecule has 1 spiro atoms. The number of hydrogen-bond acceptors (Lipinski definition) is 8. The first-order chi connectivity index (χ1) is 24.7. The van der Waals surface area contributed by atoms with E-state index >= 15 is 4.79 Å². The number of methoxy groups -OCH3 is 1. The topological polar surface area (TPSA) is 135 Å². The van der Waals surface area contributed by atoms with E-state index in [1.54, 1.807) is 11.0 Å². The van der Waals surface area contributed by atoms with Crippen molar-refractivity contribution in [3.8, 4) is 0 Å². The molecule has 2 fully saturated rings. The summed E-state index contributed by atoms with van der Waals surface area (Å²) in [7, 11) is 1.51. The molecule has 5 bridgehead atoms. The molecule has 1 unspecified atom stereocenters. The zero-order chi connectivity index (χ0) is 36.3. The Morgan fingerprint density at radius 1 is 1.02 bits per heavy atom. The number of nitrogens with one attached hydrogen (secondary N) is 1. The molecule has 4 aliphatic heterocycles. The van der Waals surface area contributed by atoms with Crippen molar-refractivity contribution in [3.63, 3.8) is 0 Å². The number of esters is 1. The first-order valence-electron chi connectivity index (χ1n) is 17.7. The Kier molecular flexibility index (Phi) is 11.5. The van der Waals surface area contributed by atoms with Crippen LogP contribution in [0, 0.1) is 11.8 Å².